The lowest BCUT2D eigenvalue weighted by molar-refractivity contribution is -0.00547. The topological polar surface area (TPSA) is 76.6 Å². The minimum absolute atomic E-state index is 0.124. The second-order valence-electron chi connectivity index (χ2n) is 7.40. The maximum absolute atomic E-state index is 13.1. The van der Waals surface area contributed by atoms with Crippen molar-refractivity contribution in [1.29, 1.82) is 0 Å². The number of fused-ring (bicyclic) bond motifs is 1. The molecule has 1 N–H and O–H groups in total. The summed E-state index contributed by atoms with van der Waals surface area (Å²) in [5, 5.41) is 2.91. The minimum Gasteiger partial charge on any atom is -0.381 e. The van der Waals surface area contributed by atoms with Crippen LogP contribution in [0.3, 0.4) is 0 Å². The van der Waals surface area contributed by atoms with Crippen LogP contribution in [0.1, 0.15) is 35.5 Å². The molecule has 7 nitrogen and oxygen atoms in total. The van der Waals surface area contributed by atoms with Crippen LogP contribution in [0, 0.1) is 0 Å². The molecule has 148 valence electrons. The summed E-state index contributed by atoms with van der Waals surface area (Å²) in [5.74, 6) is 1.21. The molecule has 2 aromatic rings. The highest BCUT2D eigenvalue weighted by atomic mass is 16.5. The first-order valence-corrected chi connectivity index (χ1v) is 9.83. The molecule has 4 heterocycles. The second-order valence-corrected chi connectivity index (χ2v) is 7.40. The summed E-state index contributed by atoms with van der Waals surface area (Å²) >= 11 is 0. The first-order chi connectivity index (χ1) is 13.6. The van der Waals surface area contributed by atoms with Crippen LogP contribution in [-0.2, 0) is 22.3 Å². The number of anilines is 2. The highest BCUT2D eigenvalue weighted by Crippen LogP contribution is 2.26. The molecule has 7 heteroatoms. The van der Waals surface area contributed by atoms with Gasteiger partial charge in [-0.05, 0) is 44.0 Å². The molecule has 0 radical (unpaired) electrons. The molecule has 4 rings (SSSR count). The molecule has 0 bridgehead atoms. The van der Waals surface area contributed by atoms with Gasteiger partial charge in [-0.2, -0.15) is 0 Å². The molecule has 2 aliphatic heterocycles. The van der Waals surface area contributed by atoms with E-state index >= 15 is 0 Å². The van der Waals surface area contributed by atoms with Crippen molar-refractivity contribution in [3.8, 4) is 0 Å². The number of nitrogens with one attached hydrogen (secondary N) is 1. The van der Waals surface area contributed by atoms with Gasteiger partial charge in [0.2, 0.25) is 0 Å². The largest absolute Gasteiger partial charge is 0.381 e. The van der Waals surface area contributed by atoms with E-state index in [-0.39, 0.29) is 18.1 Å². The zero-order valence-electron chi connectivity index (χ0n) is 16.4. The predicted molar refractivity (Wildman–Crippen MR) is 107 cm³/mol. The summed E-state index contributed by atoms with van der Waals surface area (Å²) < 4.78 is 11.5. The van der Waals surface area contributed by atoms with Crippen LogP contribution in [0.2, 0.25) is 0 Å². The predicted octanol–water partition coefficient (Wildman–Crippen LogP) is 2.46. The molecule has 0 aromatic carbocycles. The SMILES string of the molecule is CC1CN(c2cc(C(=O)Nc3ccccn3)c3c(n2)CCOCC3)CC(C)O1. The fourth-order valence-electron chi connectivity index (χ4n) is 3.89. The minimum atomic E-state index is -0.158. The third-order valence-corrected chi connectivity index (χ3v) is 5.07. The Morgan fingerprint density at radius 3 is 2.71 bits per heavy atom. The van der Waals surface area contributed by atoms with E-state index in [0.29, 0.717) is 37.4 Å². The molecule has 0 saturated carbocycles. The summed E-state index contributed by atoms with van der Waals surface area (Å²) in [5.41, 5.74) is 2.58. The molecule has 1 saturated heterocycles. The summed E-state index contributed by atoms with van der Waals surface area (Å²) in [6, 6.07) is 7.37. The second kappa shape index (κ2) is 8.24. The van der Waals surface area contributed by atoms with Crippen LogP contribution in [0.25, 0.3) is 0 Å². The Morgan fingerprint density at radius 1 is 1.18 bits per heavy atom. The molecule has 0 spiro atoms. The molecule has 1 amide bonds. The number of pyridine rings is 2. The van der Waals surface area contributed by atoms with E-state index in [1.54, 1.807) is 12.3 Å². The zero-order valence-corrected chi connectivity index (χ0v) is 16.4. The van der Waals surface area contributed by atoms with Crippen LogP contribution in [0.15, 0.2) is 30.5 Å². The quantitative estimate of drug-likeness (QED) is 0.879. The fourth-order valence-corrected chi connectivity index (χ4v) is 3.89. The zero-order chi connectivity index (χ0) is 19.5. The Balaban J connectivity index is 1.70. The lowest BCUT2D eigenvalue weighted by Gasteiger charge is -2.36. The average Bonchev–Trinajstić information content (AvgIpc) is 2.92. The van der Waals surface area contributed by atoms with Gasteiger partial charge in [-0.25, -0.2) is 9.97 Å². The Hall–Kier alpha value is -2.51. The summed E-state index contributed by atoms with van der Waals surface area (Å²) in [6.45, 7) is 6.87. The van der Waals surface area contributed by atoms with Gasteiger partial charge in [0.05, 0.1) is 25.4 Å². The number of nitrogens with zero attached hydrogens (tertiary/aromatic N) is 3. The Bertz CT molecular complexity index is 833. The van der Waals surface area contributed by atoms with Crippen molar-refractivity contribution in [3.05, 3.63) is 47.3 Å². The summed E-state index contributed by atoms with van der Waals surface area (Å²) in [4.78, 5) is 24.4. The maximum Gasteiger partial charge on any atom is 0.257 e. The van der Waals surface area contributed by atoms with Crippen molar-refractivity contribution in [2.75, 3.05) is 36.5 Å². The highest BCUT2D eigenvalue weighted by Gasteiger charge is 2.27. The molecule has 1 fully saturated rings. The van der Waals surface area contributed by atoms with Crippen molar-refractivity contribution >= 4 is 17.5 Å². The number of carbonyl (C=O) groups is 1. The van der Waals surface area contributed by atoms with E-state index in [4.69, 9.17) is 14.5 Å². The normalized spacial score (nSPS) is 22.3. The molecule has 0 aliphatic carbocycles. The molecule has 2 aromatic heterocycles. The van der Waals surface area contributed by atoms with Crippen LogP contribution < -0.4 is 10.2 Å². The Morgan fingerprint density at radius 2 is 1.96 bits per heavy atom. The summed E-state index contributed by atoms with van der Waals surface area (Å²) in [6.07, 6.45) is 3.31. The van der Waals surface area contributed by atoms with Crippen molar-refractivity contribution in [3.63, 3.8) is 0 Å². The smallest absolute Gasteiger partial charge is 0.257 e. The van der Waals surface area contributed by atoms with Crippen molar-refractivity contribution in [2.24, 2.45) is 0 Å². The monoisotopic (exact) mass is 382 g/mol. The average molecular weight is 382 g/mol. The lowest BCUT2D eigenvalue weighted by Crippen LogP contribution is -2.46. The lowest BCUT2D eigenvalue weighted by atomic mass is 10.0. The molecular formula is C21H26N4O3. The first kappa shape index (κ1) is 18.8. The molecular weight excluding hydrogens is 356 g/mol. The van der Waals surface area contributed by atoms with Crippen LogP contribution in [0.4, 0.5) is 11.6 Å². The number of hydrogen-bond donors (Lipinski definition) is 1. The van der Waals surface area contributed by atoms with E-state index in [1.807, 2.05) is 18.2 Å². The van der Waals surface area contributed by atoms with Gasteiger partial charge in [-0.1, -0.05) is 6.07 Å². The molecule has 2 aliphatic rings. The van der Waals surface area contributed by atoms with Gasteiger partial charge in [-0.15, -0.1) is 0 Å². The van der Waals surface area contributed by atoms with E-state index in [2.05, 4.69) is 29.0 Å². The van der Waals surface area contributed by atoms with Gasteiger partial charge in [0.1, 0.15) is 11.6 Å². The van der Waals surface area contributed by atoms with Crippen LogP contribution in [0.5, 0.6) is 0 Å². The molecule has 2 atom stereocenters. The van der Waals surface area contributed by atoms with E-state index in [9.17, 15) is 4.79 Å². The highest BCUT2D eigenvalue weighted by molar-refractivity contribution is 6.05. The van der Waals surface area contributed by atoms with Gasteiger partial charge in [0.15, 0.2) is 0 Å². The Kier molecular flexibility index (Phi) is 5.54. The van der Waals surface area contributed by atoms with Gasteiger partial charge >= 0.3 is 0 Å². The van der Waals surface area contributed by atoms with Crippen LogP contribution >= 0.6 is 0 Å². The fraction of sp³-hybridized carbons (Fsp3) is 0.476. The number of aromatic nitrogens is 2. The van der Waals surface area contributed by atoms with Crippen LogP contribution in [-0.4, -0.2) is 54.4 Å². The third-order valence-electron chi connectivity index (χ3n) is 5.07. The number of carbonyl (C=O) groups excluding carboxylic acids is 1. The summed E-state index contributed by atoms with van der Waals surface area (Å²) in [7, 11) is 0. The standard InChI is InChI=1S/C21H26N4O3/c1-14-12-25(13-15(2)28-14)20-11-17(16-6-9-27-10-7-18(16)23-20)21(26)24-19-5-3-4-8-22-19/h3-5,8,11,14-15H,6-7,9-10,12-13H2,1-2H3,(H,22,24,26). The van der Waals surface area contributed by atoms with Gasteiger partial charge in [0.25, 0.3) is 5.91 Å². The van der Waals surface area contributed by atoms with E-state index in [0.717, 1.165) is 30.2 Å². The van der Waals surface area contributed by atoms with Gasteiger partial charge in [0, 0.05) is 37.0 Å². The van der Waals surface area contributed by atoms with Crippen molar-refractivity contribution < 1.29 is 14.3 Å². The van der Waals surface area contributed by atoms with E-state index in [1.165, 1.54) is 0 Å². The van der Waals surface area contributed by atoms with Gasteiger partial charge < -0.3 is 19.7 Å². The van der Waals surface area contributed by atoms with Crippen molar-refractivity contribution in [2.45, 2.75) is 38.9 Å². The maximum atomic E-state index is 13.1. The van der Waals surface area contributed by atoms with E-state index < -0.39 is 0 Å². The third kappa shape index (κ3) is 4.15. The van der Waals surface area contributed by atoms with Gasteiger partial charge in [-0.3, -0.25) is 4.79 Å². The molecule has 28 heavy (non-hydrogen) atoms. The first-order valence-electron chi connectivity index (χ1n) is 9.83. The number of amides is 1. The number of hydrogen-bond acceptors (Lipinski definition) is 6. The number of rotatable bonds is 3. The molecule has 2 unspecified atom stereocenters. The number of ether oxygens (including phenoxy) is 2. The van der Waals surface area contributed by atoms with Crippen molar-refractivity contribution in [1.82, 2.24) is 9.97 Å². The number of morpholine rings is 1. The Labute approximate surface area is 165 Å².